The Morgan fingerprint density at radius 3 is 2.76 bits per heavy atom. The van der Waals surface area contributed by atoms with Crippen LogP contribution in [0.2, 0.25) is 0 Å². The van der Waals surface area contributed by atoms with Crippen LogP contribution in [0, 0.1) is 0 Å². The molecular weight excluding hydrogens is 274 g/mol. The molecule has 0 saturated carbocycles. The van der Waals surface area contributed by atoms with E-state index in [4.69, 9.17) is 4.74 Å². The van der Waals surface area contributed by atoms with Gasteiger partial charge in [0.05, 0.1) is 0 Å². The highest BCUT2D eigenvalue weighted by molar-refractivity contribution is 5.86. The number of amides is 2. The van der Waals surface area contributed by atoms with Gasteiger partial charge in [-0.05, 0) is 11.6 Å². The molecule has 2 N–H and O–H groups in total. The largest absolute Gasteiger partial charge is 0.480 e. The maximum absolute atomic E-state index is 12.2. The summed E-state index contributed by atoms with van der Waals surface area (Å²) in [7, 11) is 1.62. The number of rotatable bonds is 4. The van der Waals surface area contributed by atoms with Crippen molar-refractivity contribution in [2.45, 2.75) is 24.9 Å². The highest BCUT2D eigenvalue weighted by Crippen LogP contribution is 2.21. The van der Waals surface area contributed by atoms with E-state index >= 15 is 0 Å². The van der Waals surface area contributed by atoms with E-state index in [1.54, 1.807) is 25.5 Å². The third kappa shape index (κ3) is 3.69. The van der Waals surface area contributed by atoms with Crippen molar-refractivity contribution in [3.05, 3.63) is 30.1 Å². The molecule has 7 heteroatoms. The zero-order valence-corrected chi connectivity index (χ0v) is 11.9. The molecule has 1 aliphatic rings. The van der Waals surface area contributed by atoms with Gasteiger partial charge in [0.1, 0.15) is 5.54 Å². The van der Waals surface area contributed by atoms with Crippen LogP contribution in [-0.2, 0) is 16.1 Å². The maximum atomic E-state index is 12.2. The molecule has 2 heterocycles. The van der Waals surface area contributed by atoms with E-state index in [9.17, 15) is 14.7 Å². The molecule has 0 aliphatic carbocycles. The maximum Gasteiger partial charge on any atom is 0.329 e. The van der Waals surface area contributed by atoms with Crippen molar-refractivity contribution in [3.8, 4) is 0 Å². The summed E-state index contributed by atoms with van der Waals surface area (Å²) in [5.41, 5.74) is -0.357. The minimum absolute atomic E-state index is 0.273. The molecule has 7 nitrogen and oxygen atoms in total. The Morgan fingerprint density at radius 1 is 1.48 bits per heavy atom. The fourth-order valence-electron chi connectivity index (χ4n) is 2.25. The SMILES string of the molecule is CN(Cc1cccnc1)C(=O)NC1(C(=O)O)CCOCC1. The Hall–Kier alpha value is -2.15. The zero-order valence-electron chi connectivity index (χ0n) is 11.9. The summed E-state index contributed by atoms with van der Waals surface area (Å²) in [4.78, 5) is 29.1. The fraction of sp³-hybridized carbons (Fsp3) is 0.500. The number of aliphatic carboxylic acids is 1. The molecule has 0 bridgehead atoms. The van der Waals surface area contributed by atoms with Gasteiger partial charge in [-0.2, -0.15) is 0 Å². The van der Waals surface area contributed by atoms with Crippen molar-refractivity contribution in [1.29, 1.82) is 0 Å². The third-order valence-corrected chi connectivity index (χ3v) is 3.59. The van der Waals surface area contributed by atoms with E-state index in [1.807, 2.05) is 6.07 Å². The number of ether oxygens (including phenoxy) is 1. The quantitative estimate of drug-likeness (QED) is 0.859. The summed E-state index contributed by atoms with van der Waals surface area (Å²) >= 11 is 0. The summed E-state index contributed by atoms with van der Waals surface area (Å²) in [5, 5.41) is 12.0. The van der Waals surface area contributed by atoms with Crippen LogP contribution in [0.1, 0.15) is 18.4 Å². The second-order valence-electron chi connectivity index (χ2n) is 5.15. The van der Waals surface area contributed by atoms with Gasteiger partial charge in [-0.25, -0.2) is 9.59 Å². The van der Waals surface area contributed by atoms with Crippen LogP contribution in [0.3, 0.4) is 0 Å². The van der Waals surface area contributed by atoms with E-state index in [0.29, 0.717) is 19.8 Å². The van der Waals surface area contributed by atoms with Crippen molar-refractivity contribution in [2.24, 2.45) is 0 Å². The van der Waals surface area contributed by atoms with Gasteiger partial charge in [0.25, 0.3) is 0 Å². The molecule has 0 radical (unpaired) electrons. The topological polar surface area (TPSA) is 91.8 Å². The lowest BCUT2D eigenvalue weighted by Gasteiger charge is -2.35. The minimum atomic E-state index is -1.24. The standard InChI is InChI=1S/C14H19N3O4/c1-17(10-11-3-2-6-15-9-11)13(20)16-14(12(18)19)4-7-21-8-5-14/h2-3,6,9H,4-5,7-8,10H2,1H3,(H,16,20)(H,18,19). The van der Waals surface area contributed by atoms with Gasteiger partial charge in [-0.3, -0.25) is 4.98 Å². The predicted molar refractivity (Wildman–Crippen MR) is 74.7 cm³/mol. The van der Waals surface area contributed by atoms with Gasteiger partial charge < -0.3 is 20.1 Å². The predicted octanol–water partition coefficient (Wildman–Crippen LogP) is 0.857. The summed E-state index contributed by atoms with van der Waals surface area (Å²) in [5.74, 6) is -1.02. The Balaban J connectivity index is 2.00. The van der Waals surface area contributed by atoms with Gasteiger partial charge in [0.2, 0.25) is 0 Å². The normalized spacial score (nSPS) is 17.0. The highest BCUT2D eigenvalue weighted by Gasteiger charge is 2.42. The molecule has 2 rings (SSSR count). The van der Waals surface area contributed by atoms with Crippen molar-refractivity contribution >= 4 is 12.0 Å². The molecule has 1 fully saturated rings. The van der Waals surface area contributed by atoms with Gasteiger partial charge in [0.15, 0.2) is 0 Å². The fourth-order valence-corrected chi connectivity index (χ4v) is 2.25. The summed E-state index contributed by atoms with van der Waals surface area (Å²) < 4.78 is 5.18. The van der Waals surface area contributed by atoms with E-state index < -0.39 is 17.5 Å². The first-order valence-electron chi connectivity index (χ1n) is 6.77. The van der Waals surface area contributed by atoms with Crippen LogP contribution in [0.25, 0.3) is 0 Å². The molecule has 0 spiro atoms. The second kappa shape index (κ2) is 6.53. The van der Waals surface area contributed by atoms with Gasteiger partial charge >= 0.3 is 12.0 Å². The number of nitrogens with one attached hydrogen (secondary N) is 1. The lowest BCUT2D eigenvalue weighted by atomic mass is 9.90. The molecule has 0 unspecified atom stereocenters. The molecule has 2 amide bonds. The van der Waals surface area contributed by atoms with E-state index in [0.717, 1.165) is 5.56 Å². The first-order chi connectivity index (χ1) is 10.0. The Labute approximate surface area is 122 Å². The first-order valence-corrected chi connectivity index (χ1v) is 6.77. The summed E-state index contributed by atoms with van der Waals surface area (Å²) in [6, 6.07) is 3.24. The van der Waals surface area contributed by atoms with Crippen LogP contribution in [-0.4, -0.2) is 52.8 Å². The molecule has 1 aromatic heterocycles. The molecular formula is C14H19N3O4. The van der Waals surface area contributed by atoms with Crippen LogP contribution < -0.4 is 5.32 Å². The van der Waals surface area contributed by atoms with Gasteiger partial charge in [0, 0.05) is 52.0 Å². The number of aromatic nitrogens is 1. The number of nitrogens with zero attached hydrogens (tertiary/aromatic N) is 2. The van der Waals surface area contributed by atoms with Crippen molar-refractivity contribution < 1.29 is 19.4 Å². The van der Waals surface area contributed by atoms with Crippen LogP contribution in [0.5, 0.6) is 0 Å². The van der Waals surface area contributed by atoms with E-state index in [-0.39, 0.29) is 12.8 Å². The lowest BCUT2D eigenvalue weighted by Crippen LogP contribution is -2.59. The number of hydrogen-bond donors (Lipinski definition) is 2. The molecule has 114 valence electrons. The average Bonchev–Trinajstić information content (AvgIpc) is 2.49. The van der Waals surface area contributed by atoms with Crippen molar-refractivity contribution in [1.82, 2.24) is 15.2 Å². The molecule has 21 heavy (non-hydrogen) atoms. The van der Waals surface area contributed by atoms with Crippen molar-refractivity contribution in [2.75, 3.05) is 20.3 Å². The summed E-state index contributed by atoms with van der Waals surface area (Å²) in [6.45, 7) is 1.03. The first kappa shape index (κ1) is 15.2. The van der Waals surface area contributed by atoms with Crippen LogP contribution in [0.15, 0.2) is 24.5 Å². The lowest BCUT2D eigenvalue weighted by molar-refractivity contribution is -0.148. The second-order valence-corrected chi connectivity index (χ2v) is 5.15. The van der Waals surface area contributed by atoms with E-state index in [2.05, 4.69) is 10.3 Å². The Morgan fingerprint density at radius 2 is 2.19 bits per heavy atom. The highest BCUT2D eigenvalue weighted by atomic mass is 16.5. The third-order valence-electron chi connectivity index (χ3n) is 3.59. The number of hydrogen-bond acceptors (Lipinski definition) is 4. The number of carbonyl (C=O) groups excluding carboxylic acids is 1. The number of carboxylic acid groups (broad SMARTS) is 1. The van der Waals surface area contributed by atoms with Crippen molar-refractivity contribution in [3.63, 3.8) is 0 Å². The Kier molecular flexibility index (Phi) is 4.74. The summed E-state index contributed by atoms with van der Waals surface area (Å²) in [6.07, 6.45) is 3.87. The smallest absolute Gasteiger partial charge is 0.329 e. The van der Waals surface area contributed by atoms with Crippen LogP contribution >= 0.6 is 0 Å². The number of pyridine rings is 1. The Bertz CT molecular complexity index is 500. The van der Waals surface area contributed by atoms with E-state index in [1.165, 1.54) is 4.90 Å². The molecule has 0 aromatic carbocycles. The molecule has 1 aromatic rings. The molecule has 0 atom stereocenters. The molecule has 1 saturated heterocycles. The average molecular weight is 293 g/mol. The number of urea groups is 1. The monoisotopic (exact) mass is 293 g/mol. The zero-order chi connectivity index (χ0) is 15.3. The van der Waals surface area contributed by atoms with Gasteiger partial charge in [-0.15, -0.1) is 0 Å². The van der Waals surface area contributed by atoms with Crippen LogP contribution in [0.4, 0.5) is 4.79 Å². The molecule has 1 aliphatic heterocycles. The minimum Gasteiger partial charge on any atom is -0.480 e. The number of carbonyl (C=O) groups is 2. The van der Waals surface area contributed by atoms with Gasteiger partial charge in [-0.1, -0.05) is 6.07 Å². The number of carboxylic acids is 1.